The van der Waals surface area contributed by atoms with E-state index in [2.05, 4.69) is 65.4 Å². The van der Waals surface area contributed by atoms with Gasteiger partial charge in [0.1, 0.15) is 12.4 Å². The first-order valence-electron chi connectivity index (χ1n) is 12.0. The third-order valence-electron chi connectivity index (χ3n) is 5.59. The molecular formula is C28H32N4O3S. The lowest BCUT2D eigenvalue weighted by atomic mass is 10.2. The molecule has 2 heterocycles. The number of carbonyl (C=O) groups excluding carboxylic acids is 1. The SMILES string of the molecule is C=CCOC(=O)Nc1cccc(CNc2cc(N3CCOCC3)cc(CSc3cccc(C)c3)n2)c1. The summed E-state index contributed by atoms with van der Waals surface area (Å²) < 4.78 is 10.5. The van der Waals surface area contributed by atoms with E-state index in [0.29, 0.717) is 12.2 Å². The number of thioether (sulfide) groups is 1. The van der Waals surface area contributed by atoms with Crippen molar-refractivity contribution >= 4 is 35.0 Å². The summed E-state index contributed by atoms with van der Waals surface area (Å²) in [6.45, 7) is 9.59. The number of hydrogen-bond donors (Lipinski definition) is 2. The van der Waals surface area contributed by atoms with Gasteiger partial charge in [-0.1, -0.05) is 42.5 Å². The molecule has 36 heavy (non-hydrogen) atoms. The molecule has 0 aliphatic carbocycles. The molecule has 1 fully saturated rings. The summed E-state index contributed by atoms with van der Waals surface area (Å²) in [6.07, 6.45) is 1.03. The van der Waals surface area contributed by atoms with Crippen LogP contribution >= 0.6 is 11.8 Å². The van der Waals surface area contributed by atoms with Crippen LogP contribution in [0.4, 0.5) is 22.0 Å². The minimum absolute atomic E-state index is 0.169. The Bertz CT molecular complexity index is 1180. The van der Waals surface area contributed by atoms with Crippen molar-refractivity contribution in [2.45, 2.75) is 24.1 Å². The highest BCUT2D eigenvalue weighted by Gasteiger charge is 2.14. The van der Waals surface area contributed by atoms with E-state index in [1.54, 1.807) is 11.8 Å². The molecule has 0 radical (unpaired) electrons. The van der Waals surface area contributed by atoms with Gasteiger partial charge in [0, 0.05) is 47.7 Å². The third-order valence-corrected chi connectivity index (χ3v) is 6.62. The van der Waals surface area contributed by atoms with E-state index in [1.807, 2.05) is 24.3 Å². The van der Waals surface area contributed by atoms with Gasteiger partial charge in [-0.05, 0) is 42.8 Å². The molecule has 188 valence electrons. The molecule has 1 aliphatic heterocycles. The normalized spacial score (nSPS) is 13.2. The van der Waals surface area contributed by atoms with Crippen LogP contribution in [0.2, 0.25) is 0 Å². The minimum atomic E-state index is -0.504. The molecule has 1 saturated heterocycles. The van der Waals surface area contributed by atoms with Crippen molar-refractivity contribution in [3.8, 4) is 0 Å². The van der Waals surface area contributed by atoms with Crippen LogP contribution in [-0.4, -0.2) is 44.0 Å². The maximum absolute atomic E-state index is 11.8. The third kappa shape index (κ3) is 7.76. The molecular weight excluding hydrogens is 472 g/mol. The van der Waals surface area contributed by atoms with Gasteiger partial charge in [-0.3, -0.25) is 5.32 Å². The fourth-order valence-corrected chi connectivity index (χ4v) is 4.75. The number of carbonyl (C=O) groups is 1. The summed E-state index contributed by atoms with van der Waals surface area (Å²) in [4.78, 5) is 20.3. The Labute approximate surface area is 216 Å². The smallest absolute Gasteiger partial charge is 0.411 e. The zero-order chi connectivity index (χ0) is 25.2. The second-order valence-electron chi connectivity index (χ2n) is 8.47. The topological polar surface area (TPSA) is 75.7 Å². The van der Waals surface area contributed by atoms with E-state index < -0.39 is 6.09 Å². The number of anilines is 3. The number of pyridine rings is 1. The Morgan fingerprint density at radius 1 is 1.17 bits per heavy atom. The first-order chi connectivity index (χ1) is 17.6. The van der Waals surface area contributed by atoms with Crippen LogP contribution in [0.25, 0.3) is 0 Å². The average Bonchev–Trinajstić information content (AvgIpc) is 2.90. The summed E-state index contributed by atoms with van der Waals surface area (Å²) in [5.41, 5.74) is 5.12. The van der Waals surface area contributed by atoms with Crippen molar-refractivity contribution in [2.24, 2.45) is 0 Å². The van der Waals surface area contributed by atoms with Crippen molar-refractivity contribution in [1.82, 2.24) is 4.98 Å². The van der Waals surface area contributed by atoms with Crippen molar-refractivity contribution in [3.05, 3.63) is 90.1 Å². The van der Waals surface area contributed by atoms with Crippen LogP contribution in [0.5, 0.6) is 0 Å². The van der Waals surface area contributed by atoms with Crippen LogP contribution in [0.15, 0.2) is 78.2 Å². The van der Waals surface area contributed by atoms with Gasteiger partial charge in [0.25, 0.3) is 0 Å². The predicted octanol–water partition coefficient (Wildman–Crippen LogP) is 5.87. The fraction of sp³-hybridized carbons (Fsp3) is 0.286. The van der Waals surface area contributed by atoms with Gasteiger partial charge in [-0.2, -0.15) is 0 Å². The maximum atomic E-state index is 11.8. The van der Waals surface area contributed by atoms with Gasteiger partial charge in [-0.25, -0.2) is 9.78 Å². The van der Waals surface area contributed by atoms with Crippen molar-refractivity contribution in [1.29, 1.82) is 0 Å². The summed E-state index contributed by atoms with van der Waals surface area (Å²) >= 11 is 1.79. The Morgan fingerprint density at radius 2 is 2.00 bits per heavy atom. The lowest BCUT2D eigenvalue weighted by molar-refractivity contribution is 0.122. The molecule has 0 saturated carbocycles. The number of amides is 1. The Hall–Kier alpha value is -3.49. The molecule has 0 unspecified atom stereocenters. The van der Waals surface area contributed by atoms with E-state index in [0.717, 1.165) is 54.8 Å². The predicted molar refractivity (Wildman–Crippen MR) is 147 cm³/mol. The average molecular weight is 505 g/mol. The Kier molecular flexibility index (Phi) is 9.24. The fourth-order valence-electron chi connectivity index (χ4n) is 3.84. The highest BCUT2D eigenvalue weighted by Crippen LogP contribution is 2.27. The van der Waals surface area contributed by atoms with Crippen LogP contribution in [0.3, 0.4) is 0 Å². The summed E-state index contributed by atoms with van der Waals surface area (Å²) in [5, 5.41) is 6.21. The molecule has 3 aromatic rings. The zero-order valence-corrected chi connectivity index (χ0v) is 21.4. The van der Waals surface area contributed by atoms with Gasteiger partial charge in [0.15, 0.2) is 0 Å². The Balaban J connectivity index is 1.46. The summed E-state index contributed by atoms with van der Waals surface area (Å²) in [7, 11) is 0. The largest absolute Gasteiger partial charge is 0.445 e. The number of aromatic nitrogens is 1. The molecule has 1 aromatic heterocycles. The lowest BCUT2D eigenvalue weighted by Crippen LogP contribution is -2.36. The number of rotatable bonds is 10. The van der Waals surface area contributed by atoms with Crippen LogP contribution in [0.1, 0.15) is 16.8 Å². The first-order valence-corrected chi connectivity index (χ1v) is 13.0. The number of nitrogens with one attached hydrogen (secondary N) is 2. The second kappa shape index (κ2) is 13.0. The van der Waals surface area contributed by atoms with E-state index >= 15 is 0 Å². The lowest BCUT2D eigenvalue weighted by Gasteiger charge is -2.29. The maximum Gasteiger partial charge on any atom is 0.411 e. The van der Waals surface area contributed by atoms with E-state index in [-0.39, 0.29) is 6.61 Å². The molecule has 1 amide bonds. The molecule has 7 nitrogen and oxygen atoms in total. The number of hydrogen-bond acceptors (Lipinski definition) is 7. The number of aryl methyl sites for hydroxylation is 1. The Morgan fingerprint density at radius 3 is 2.81 bits per heavy atom. The quantitative estimate of drug-likeness (QED) is 0.264. The molecule has 2 aromatic carbocycles. The van der Waals surface area contributed by atoms with Crippen LogP contribution in [-0.2, 0) is 21.8 Å². The van der Waals surface area contributed by atoms with Gasteiger partial charge >= 0.3 is 6.09 Å². The standard InChI is InChI=1S/C28H32N4O3S/c1-3-12-35-28(33)31-23-8-5-7-22(16-23)19-29-27-18-25(32-10-13-34-14-11-32)17-24(30-27)20-36-26-9-4-6-21(2)15-26/h3-9,15-18H,1,10-14,19-20H2,2H3,(H,29,30)(H,31,33). The van der Waals surface area contributed by atoms with E-state index in [9.17, 15) is 4.79 Å². The van der Waals surface area contributed by atoms with Crippen molar-refractivity contribution < 1.29 is 14.3 Å². The monoisotopic (exact) mass is 504 g/mol. The van der Waals surface area contributed by atoms with Crippen molar-refractivity contribution in [3.63, 3.8) is 0 Å². The minimum Gasteiger partial charge on any atom is -0.445 e. The molecule has 0 spiro atoms. The van der Waals surface area contributed by atoms with Crippen LogP contribution < -0.4 is 15.5 Å². The molecule has 0 atom stereocenters. The summed E-state index contributed by atoms with van der Waals surface area (Å²) in [6, 6.07) is 20.5. The summed E-state index contributed by atoms with van der Waals surface area (Å²) in [5.74, 6) is 1.60. The molecule has 8 heteroatoms. The van der Waals surface area contributed by atoms with Crippen LogP contribution in [0, 0.1) is 6.92 Å². The number of ether oxygens (including phenoxy) is 2. The van der Waals surface area contributed by atoms with Gasteiger partial charge < -0.3 is 19.7 Å². The second-order valence-corrected chi connectivity index (χ2v) is 9.52. The number of benzene rings is 2. The number of nitrogens with zero attached hydrogens (tertiary/aromatic N) is 2. The van der Waals surface area contributed by atoms with Crippen molar-refractivity contribution in [2.75, 3.05) is 48.4 Å². The van der Waals surface area contributed by atoms with Gasteiger partial charge in [0.2, 0.25) is 0 Å². The molecule has 4 rings (SSSR count). The molecule has 2 N–H and O–H groups in total. The number of morpholine rings is 1. The first kappa shape index (κ1) is 25.6. The highest BCUT2D eigenvalue weighted by atomic mass is 32.2. The van der Waals surface area contributed by atoms with E-state index in [4.69, 9.17) is 14.5 Å². The molecule has 1 aliphatic rings. The van der Waals surface area contributed by atoms with Gasteiger partial charge in [-0.15, -0.1) is 11.8 Å². The highest BCUT2D eigenvalue weighted by molar-refractivity contribution is 7.98. The van der Waals surface area contributed by atoms with Gasteiger partial charge in [0.05, 0.1) is 18.9 Å². The van der Waals surface area contributed by atoms with E-state index in [1.165, 1.54) is 16.5 Å². The molecule has 0 bridgehead atoms. The zero-order valence-electron chi connectivity index (χ0n) is 20.5.